The fraction of sp³-hybridized carbons (Fsp3) is 0.638. The van der Waals surface area contributed by atoms with Crippen LogP contribution in [0.4, 0.5) is 0 Å². The van der Waals surface area contributed by atoms with Crippen molar-refractivity contribution in [3.8, 4) is 0 Å². The molecule has 0 fully saturated rings. The third-order valence-corrected chi connectivity index (χ3v) is 12.6. The van der Waals surface area contributed by atoms with Gasteiger partial charge in [-0.2, -0.15) is 0 Å². The van der Waals surface area contributed by atoms with Crippen molar-refractivity contribution in [2.75, 3.05) is 13.2 Å². The van der Waals surface area contributed by atoms with Crippen molar-refractivity contribution < 1.29 is 28.6 Å². The van der Waals surface area contributed by atoms with Crippen molar-refractivity contribution in [2.45, 2.75) is 271 Å². The molecule has 0 saturated carbocycles. The van der Waals surface area contributed by atoms with Crippen molar-refractivity contribution in [1.29, 1.82) is 0 Å². The number of unbranched alkanes of at least 4 members (excludes halogenated alkanes) is 21. The molecule has 0 aromatic heterocycles. The van der Waals surface area contributed by atoms with Gasteiger partial charge >= 0.3 is 17.9 Å². The Labute approximate surface area is 462 Å². The molecule has 0 aliphatic carbocycles. The number of ether oxygens (including phenoxy) is 3. The number of rotatable bonds is 54. The first-order valence-electron chi connectivity index (χ1n) is 30.7. The van der Waals surface area contributed by atoms with Gasteiger partial charge in [0.05, 0.1) is 0 Å². The maximum absolute atomic E-state index is 12.8. The van der Waals surface area contributed by atoms with Gasteiger partial charge in [0, 0.05) is 19.3 Å². The quantitative estimate of drug-likeness (QED) is 0.0261. The third kappa shape index (κ3) is 60.3. The molecule has 424 valence electrons. The Morgan fingerprint density at radius 1 is 0.280 bits per heavy atom. The monoisotopic (exact) mass is 1040 g/mol. The lowest BCUT2D eigenvalue weighted by Gasteiger charge is -2.18. The SMILES string of the molecule is CC/C=C\C/C=C\C/C=C\C/C=C\C/C=C\C/C=C\C/C=C\C/C=C\CCCCCCCCC(=O)OCC(COC(=O)CCCCCCC/C=C\CCC)OC(=O)CCCCCCC/C=C\C/C=C\CCCCCC. The largest absolute Gasteiger partial charge is 0.462 e. The zero-order valence-electron chi connectivity index (χ0n) is 48.5. The molecular formula is C69H112O6. The minimum absolute atomic E-state index is 0.0961. The van der Waals surface area contributed by atoms with Crippen LogP contribution in [-0.4, -0.2) is 37.2 Å². The number of esters is 3. The maximum Gasteiger partial charge on any atom is 0.306 e. The molecule has 0 amide bonds. The smallest absolute Gasteiger partial charge is 0.306 e. The molecule has 0 heterocycles. The van der Waals surface area contributed by atoms with Crippen LogP contribution in [0.2, 0.25) is 0 Å². The topological polar surface area (TPSA) is 78.9 Å². The Balaban J connectivity index is 4.30. The molecule has 6 nitrogen and oxygen atoms in total. The Hall–Kier alpha value is -4.45. The Bertz CT molecular complexity index is 1620. The lowest BCUT2D eigenvalue weighted by atomic mass is 10.1. The van der Waals surface area contributed by atoms with E-state index in [9.17, 15) is 14.4 Å². The lowest BCUT2D eigenvalue weighted by Crippen LogP contribution is -2.30. The van der Waals surface area contributed by atoms with Crippen molar-refractivity contribution >= 4 is 17.9 Å². The summed E-state index contributed by atoms with van der Waals surface area (Å²) < 4.78 is 16.8. The summed E-state index contributed by atoms with van der Waals surface area (Å²) in [5, 5.41) is 0. The molecule has 0 aromatic rings. The van der Waals surface area contributed by atoms with Gasteiger partial charge in [-0.25, -0.2) is 0 Å². The van der Waals surface area contributed by atoms with Crippen LogP contribution in [0, 0.1) is 0 Å². The minimum Gasteiger partial charge on any atom is -0.462 e. The second-order valence-corrected chi connectivity index (χ2v) is 19.9. The van der Waals surface area contributed by atoms with Crippen LogP contribution < -0.4 is 0 Å². The highest BCUT2D eigenvalue weighted by Crippen LogP contribution is 2.14. The molecule has 0 aromatic carbocycles. The Kier molecular flexibility index (Phi) is 58.4. The summed E-state index contributed by atoms with van der Waals surface area (Å²) in [6.07, 6.45) is 87.4. The first kappa shape index (κ1) is 70.5. The number of allylic oxidation sites excluding steroid dienone is 22. The van der Waals surface area contributed by atoms with Crippen LogP contribution in [0.25, 0.3) is 0 Å². The van der Waals surface area contributed by atoms with Crippen molar-refractivity contribution in [3.63, 3.8) is 0 Å². The van der Waals surface area contributed by atoms with Crippen molar-refractivity contribution in [3.05, 3.63) is 134 Å². The van der Waals surface area contributed by atoms with E-state index < -0.39 is 6.10 Å². The molecule has 6 heteroatoms. The minimum atomic E-state index is -0.799. The van der Waals surface area contributed by atoms with Crippen LogP contribution in [-0.2, 0) is 28.6 Å². The van der Waals surface area contributed by atoms with Crippen LogP contribution in [0.3, 0.4) is 0 Å². The summed E-state index contributed by atoms with van der Waals surface area (Å²) >= 11 is 0. The van der Waals surface area contributed by atoms with E-state index in [2.05, 4.69) is 154 Å². The average Bonchev–Trinajstić information content (AvgIpc) is 3.41. The van der Waals surface area contributed by atoms with Crippen molar-refractivity contribution in [2.24, 2.45) is 0 Å². The van der Waals surface area contributed by atoms with E-state index in [1.807, 2.05) is 0 Å². The number of carbonyl (C=O) groups excluding carboxylic acids is 3. The number of hydrogen-bond acceptors (Lipinski definition) is 6. The van der Waals surface area contributed by atoms with Gasteiger partial charge in [-0.05, 0) is 135 Å². The molecular weight excluding hydrogens is 925 g/mol. The Morgan fingerprint density at radius 2 is 0.547 bits per heavy atom. The van der Waals surface area contributed by atoms with Crippen molar-refractivity contribution in [1.82, 2.24) is 0 Å². The Morgan fingerprint density at radius 3 is 0.880 bits per heavy atom. The molecule has 0 aliphatic rings. The summed E-state index contributed by atoms with van der Waals surface area (Å²) in [7, 11) is 0. The van der Waals surface area contributed by atoms with E-state index >= 15 is 0 Å². The average molecular weight is 1040 g/mol. The molecule has 0 rings (SSSR count). The van der Waals surface area contributed by atoms with E-state index in [0.29, 0.717) is 19.3 Å². The lowest BCUT2D eigenvalue weighted by molar-refractivity contribution is -0.167. The van der Waals surface area contributed by atoms with Crippen LogP contribution in [0.1, 0.15) is 265 Å². The van der Waals surface area contributed by atoms with Gasteiger partial charge in [-0.1, -0.05) is 244 Å². The highest BCUT2D eigenvalue weighted by Gasteiger charge is 2.19. The van der Waals surface area contributed by atoms with E-state index in [-0.39, 0.29) is 31.1 Å². The normalized spacial score (nSPS) is 13.1. The zero-order chi connectivity index (χ0) is 54.3. The third-order valence-electron chi connectivity index (χ3n) is 12.6. The summed E-state index contributed by atoms with van der Waals surface area (Å²) in [5.41, 5.74) is 0. The first-order chi connectivity index (χ1) is 37.0. The highest BCUT2D eigenvalue weighted by molar-refractivity contribution is 5.71. The summed E-state index contributed by atoms with van der Waals surface area (Å²) in [5.74, 6) is -0.938. The predicted molar refractivity (Wildman–Crippen MR) is 325 cm³/mol. The number of hydrogen-bond donors (Lipinski definition) is 0. The van der Waals surface area contributed by atoms with E-state index in [4.69, 9.17) is 14.2 Å². The molecule has 75 heavy (non-hydrogen) atoms. The van der Waals surface area contributed by atoms with Gasteiger partial charge in [-0.15, -0.1) is 0 Å². The summed E-state index contributed by atoms with van der Waals surface area (Å²) in [6.45, 7) is 6.41. The molecule has 0 aliphatic heterocycles. The summed E-state index contributed by atoms with van der Waals surface area (Å²) in [6, 6.07) is 0. The van der Waals surface area contributed by atoms with Gasteiger partial charge in [0.15, 0.2) is 6.10 Å². The van der Waals surface area contributed by atoms with Crippen LogP contribution >= 0.6 is 0 Å². The molecule has 0 N–H and O–H groups in total. The highest BCUT2D eigenvalue weighted by atomic mass is 16.6. The standard InChI is InChI=1S/C69H112O6/c1-4-7-10-13-16-19-22-24-26-28-29-30-31-32-33-34-35-36-37-38-39-40-41-42-44-45-47-50-53-56-59-62-68(71)74-65-66(64-73-67(70)61-58-55-52-49-21-18-15-12-9-6-3)75-69(72)63-60-57-54-51-48-46-43-27-25-23-20-17-14-11-8-5-2/h7,10,12,15-16,19-20,23-24,26-27,29-30,32-33,35-36,38-39,41-43,66H,4-6,8-9,11,13-14,17-18,21-22,25,28,31,34,37,40,44-65H2,1-3H3/b10-7-,15-12-,19-16-,23-20-,26-24-,30-29-,33-32-,36-35-,39-38-,42-41-,43-27-. The van der Waals surface area contributed by atoms with E-state index in [0.717, 1.165) is 167 Å². The van der Waals surface area contributed by atoms with Gasteiger partial charge in [-0.3, -0.25) is 14.4 Å². The van der Waals surface area contributed by atoms with Gasteiger partial charge in [0.2, 0.25) is 0 Å². The molecule has 0 saturated heterocycles. The van der Waals surface area contributed by atoms with E-state index in [1.165, 1.54) is 57.8 Å². The van der Waals surface area contributed by atoms with Gasteiger partial charge < -0.3 is 14.2 Å². The second kappa shape index (κ2) is 62.1. The van der Waals surface area contributed by atoms with Crippen LogP contribution in [0.5, 0.6) is 0 Å². The molecule has 1 unspecified atom stereocenters. The second-order valence-electron chi connectivity index (χ2n) is 19.9. The first-order valence-corrected chi connectivity index (χ1v) is 30.7. The fourth-order valence-electron chi connectivity index (χ4n) is 8.02. The van der Waals surface area contributed by atoms with Crippen LogP contribution in [0.15, 0.2) is 134 Å². The molecule has 1 atom stereocenters. The molecule has 0 bridgehead atoms. The molecule has 0 spiro atoms. The zero-order valence-corrected chi connectivity index (χ0v) is 48.5. The van der Waals surface area contributed by atoms with Gasteiger partial charge in [0.1, 0.15) is 13.2 Å². The predicted octanol–water partition coefficient (Wildman–Crippen LogP) is 21.0. The molecule has 0 radical (unpaired) electrons. The number of carbonyl (C=O) groups is 3. The summed E-state index contributed by atoms with van der Waals surface area (Å²) in [4.78, 5) is 38.1. The van der Waals surface area contributed by atoms with Gasteiger partial charge in [0.25, 0.3) is 0 Å². The maximum atomic E-state index is 12.8. The van der Waals surface area contributed by atoms with E-state index in [1.54, 1.807) is 0 Å². The fourth-order valence-corrected chi connectivity index (χ4v) is 8.02.